The van der Waals surface area contributed by atoms with Crippen molar-refractivity contribution >= 4 is 33.2 Å². The van der Waals surface area contributed by atoms with E-state index in [1.54, 1.807) is 6.92 Å². The van der Waals surface area contributed by atoms with Gasteiger partial charge in [-0.25, -0.2) is 0 Å². The summed E-state index contributed by atoms with van der Waals surface area (Å²) in [6.07, 6.45) is 0.978. The Hall–Kier alpha value is -1.23. The first-order chi connectivity index (χ1) is 8.58. The highest BCUT2D eigenvalue weighted by molar-refractivity contribution is 9.10. The van der Waals surface area contributed by atoms with Gasteiger partial charge in [-0.15, -0.1) is 0 Å². The van der Waals surface area contributed by atoms with Gasteiger partial charge in [-0.1, -0.05) is 15.9 Å². The molecule has 0 aliphatic carbocycles. The summed E-state index contributed by atoms with van der Waals surface area (Å²) in [6.45, 7) is 4.99. The Morgan fingerprint density at radius 1 is 1.28 bits per heavy atom. The van der Waals surface area contributed by atoms with Crippen LogP contribution in [0.25, 0.3) is 0 Å². The molecule has 1 amide bonds. The molecule has 18 heavy (non-hydrogen) atoms. The molecular weight excluding hydrogens is 294 g/mol. The number of nitrogens with zero attached hydrogens (tertiary/aromatic N) is 2. The average Bonchev–Trinajstić information content (AvgIpc) is 2.58. The summed E-state index contributed by atoms with van der Waals surface area (Å²) in [5.74, 6) is 0.152. The van der Waals surface area contributed by atoms with Crippen molar-refractivity contribution in [3.63, 3.8) is 0 Å². The zero-order chi connectivity index (χ0) is 13.1. The van der Waals surface area contributed by atoms with Gasteiger partial charge in [0.05, 0.1) is 11.4 Å². The Kier molecular flexibility index (Phi) is 4.11. The minimum Gasteiger partial charge on any atom is -0.397 e. The van der Waals surface area contributed by atoms with Crippen LogP contribution in [0.2, 0.25) is 0 Å². The Balaban J connectivity index is 2.14. The van der Waals surface area contributed by atoms with E-state index < -0.39 is 0 Å². The molecule has 0 atom stereocenters. The second-order valence-corrected chi connectivity index (χ2v) is 5.47. The van der Waals surface area contributed by atoms with Gasteiger partial charge < -0.3 is 15.5 Å². The third-order valence-electron chi connectivity index (χ3n) is 3.27. The van der Waals surface area contributed by atoms with Crippen LogP contribution in [0, 0.1) is 0 Å². The van der Waals surface area contributed by atoms with E-state index in [1.807, 2.05) is 23.1 Å². The number of benzene rings is 1. The molecule has 2 N–H and O–H groups in total. The van der Waals surface area contributed by atoms with Crippen molar-refractivity contribution < 1.29 is 4.79 Å². The zero-order valence-electron chi connectivity index (χ0n) is 10.5. The molecule has 98 valence electrons. The van der Waals surface area contributed by atoms with Gasteiger partial charge in [0.1, 0.15) is 0 Å². The van der Waals surface area contributed by atoms with E-state index in [9.17, 15) is 4.79 Å². The maximum absolute atomic E-state index is 11.4. The fraction of sp³-hybridized carbons (Fsp3) is 0.462. The smallest absolute Gasteiger partial charge is 0.219 e. The van der Waals surface area contributed by atoms with Crippen molar-refractivity contribution in [1.29, 1.82) is 0 Å². The van der Waals surface area contributed by atoms with Crippen molar-refractivity contribution in [2.45, 2.75) is 13.3 Å². The highest BCUT2D eigenvalue weighted by Crippen LogP contribution is 2.27. The number of amides is 1. The number of rotatable bonds is 1. The molecule has 1 saturated heterocycles. The Morgan fingerprint density at radius 2 is 2.06 bits per heavy atom. The van der Waals surface area contributed by atoms with E-state index in [1.165, 1.54) is 0 Å². The van der Waals surface area contributed by atoms with Gasteiger partial charge in [-0.2, -0.15) is 0 Å². The van der Waals surface area contributed by atoms with Crippen LogP contribution in [0.15, 0.2) is 22.7 Å². The predicted octanol–water partition coefficient (Wildman–Crippen LogP) is 2.09. The van der Waals surface area contributed by atoms with Crippen LogP contribution in [-0.2, 0) is 4.79 Å². The van der Waals surface area contributed by atoms with Crippen LogP contribution >= 0.6 is 15.9 Å². The Labute approximate surface area is 116 Å². The average molecular weight is 312 g/mol. The molecule has 1 aliphatic rings. The van der Waals surface area contributed by atoms with Gasteiger partial charge in [-0.05, 0) is 24.6 Å². The van der Waals surface area contributed by atoms with Crippen LogP contribution in [0.1, 0.15) is 13.3 Å². The molecule has 4 nitrogen and oxygen atoms in total. The van der Waals surface area contributed by atoms with Gasteiger partial charge >= 0.3 is 0 Å². The van der Waals surface area contributed by atoms with Gasteiger partial charge in [-0.3, -0.25) is 4.79 Å². The molecule has 1 heterocycles. The van der Waals surface area contributed by atoms with Crippen LogP contribution in [0.3, 0.4) is 0 Å². The Bertz CT molecular complexity index is 450. The number of hydrogen-bond acceptors (Lipinski definition) is 3. The predicted molar refractivity (Wildman–Crippen MR) is 77.6 cm³/mol. The Morgan fingerprint density at radius 3 is 2.78 bits per heavy atom. The fourth-order valence-electron chi connectivity index (χ4n) is 2.26. The minimum absolute atomic E-state index is 0.152. The number of halogens is 1. The van der Waals surface area contributed by atoms with Crippen molar-refractivity contribution in [2.24, 2.45) is 0 Å². The lowest BCUT2D eigenvalue weighted by atomic mass is 10.2. The molecule has 0 spiro atoms. The maximum Gasteiger partial charge on any atom is 0.219 e. The molecule has 2 rings (SSSR count). The molecule has 1 aromatic rings. The van der Waals surface area contributed by atoms with Gasteiger partial charge in [0.15, 0.2) is 0 Å². The van der Waals surface area contributed by atoms with Gasteiger partial charge in [0.2, 0.25) is 5.91 Å². The van der Waals surface area contributed by atoms with E-state index in [0.29, 0.717) is 0 Å². The molecule has 0 aromatic heterocycles. The molecule has 1 aliphatic heterocycles. The monoisotopic (exact) mass is 311 g/mol. The van der Waals surface area contributed by atoms with Crippen LogP contribution in [-0.4, -0.2) is 37.0 Å². The van der Waals surface area contributed by atoms with E-state index >= 15 is 0 Å². The number of carbonyl (C=O) groups excluding carboxylic acids is 1. The standard InChI is InChI=1S/C13H18BrN3O/c1-10(18)16-5-2-6-17(8-7-16)13-9-11(14)3-4-12(13)15/h3-4,9H,2,5-8,15H2,1H3. The van der Waals surface area contributed by atoms with Crippen LogP contribution in [0.5, 0.6) is 0 Å². The number of anilines is 2. The lowest BCUT2D eigenvalue weighted by molar-refractivity contribution is -0.128. The van der Waals surface area contributed by atoms with Gasteiger partial charge in [0, 0.05) is 37.6 Å². The van der Waals surface area contributed by atoms with Crippen LogP contribution < -0.4 is 10.6 Å². The lowest BCUT2D eigenvalue weighted by Crippen LogP contribution is -2.33. The molecule has 0 unspecified atom stereocenters. The summed E-state index contributed by atoms with van der Waals surface area (Å²) in [7, 11) is 0. The molecule has 1 aromatic carbocycles. The lowest BCUT2D eigenvalue weighted by Gasteiger charge is -2.24. The van der Waals surface area contributed by atoms with Gasteiger partial charge in [0.25, 0.3) is 0 Å². The summed E-state index contributed by atoms with van der Waals surface area (Å²) in [4.78, 5) is 15.5. The molecule has 0 radical (unpaired) electrons. The summed E-state index contributed by atoms with van der Waals surface area (Å²) in [5, 5.41) is 0. The maximum atomic E-state index is 11.4. The summed E-state index contributed by atoms with van der Waals surface area (Å²) in [5.41, 5.74) is 7.86. The number of nitrogen functional groups attached to an aromatic ring is 1. The molecular formula is C13H18BrN3O. The summed E-state index contributed by atoms with van der Waals surface area (Å²) < 4.78 is 1.03. The first-order valence-electron chi connectivity index (χ1n) is 6.13. The molecule has 0 saturated carbocycles. The van der Waals surface area contributed by atoms with Crippen molar-refractivity contribution in [1.82, 2.24) is 4.90 Å². The normalized spacial score (nSPS) is 16.6. The van der Waals surface area contributed by atoms with E-state index in [0.717, 1.165) is 48.4 Å². The van der Waals surface area contributed by atoms with E-state index in [-0.39, 0.29) is 5.91 Å². The SMILES string of the molecule is CC(=O)N1CCCN(c2cc(Br)ccc2N)CC1. The third-order valence-corrected chi connectivity index (χ3v) is 3.77. The highest BCUT2D eigenvalue weighted by Gasteiger charge is 2.18. The molecule has 1 fully saturated rings. The molecule has 5 heteroatoms. The number of nitrogens with two attached hydrogens (primary N) is 1. The molecule has 0 bridgehead atoms. The van der Waals surface area contributed by atoms with E-state index in [4.69, 9.17) is 5.73 Å². The summed E-state index contributed by atoms with van der Waals surface area (Å²) >= 11 is 3.47. The zero-order valence-corrected chi connectivity index (χ0v) is 12.1. The second kappa shape index (κ2) is 5.61. The largest absolute Gasteiger partial charge is 0.397 e. The van der Waals surface area contributed by atoms with Crippen molar-refractivity contribution in [3.8, 4) is 0 Å². The third kappa shape index (κ3) is 2.96. The second-order valence-electron chi connectivity index (χ2n) is 4.55. The number of hydrogen-bond donors (Lipinski definition) is 1. The fourth-order valence-corrected chi connectivity index (χ4v) is 2.61. The minimum atomic E-state index is 0.152. The topological polar surface area (TPSA) is 49.6 Å². The first kappa shape index (κ1) is 13.2. The van der Waals surface area contributed by atoms with E-state index in [2.05, 4.69) is 20.8 Å². The highest BCUT2D eigenvalue weighted by atomic mass is 79.9. The van der Waals surface area contributed by atoms with Crippen LogP contribution in [0.4, 0.5) is 11.4 Å². The first-order valence-corrected chi connectivity index (χ1v) is 6.92. The quantitative estimate of drug-likeness (QED) is 0.808. The van der Waals surface area contributed by atoms with Crippen molar-refractivity contribution in [2.75, 3.05) is 36.8 Å². The number of carbonyl (C=O) groups is 1. The summed E-state index contributed by atoms with van der Waals surface area (Å²) in [6, 6.07) is 5.89. The van der Waals surface area contributed by atoms with Crippen molar-refractivity contribution in [3.05, 3.63) is 22.7 Å².